The third kappa shape index (κ3) is 9.86. The van der Waals surface area contributed by atoms with Gasteiger partial charge in [0.25, 0.3) is 5.91 Å². The first-order chi connectivity index (χ1) is 15.9. The first-order valence-corrected chi connectivity index (χ1v) is 12.3. The number of nitrogens with one attached hydrogen (secondary N) is 1. The molecule has 0 saturated heterocycles. The maximum absolute atomic E-state index is 13.0. The zero-order valence-corrected chi connectivity index (χ0v) is 20.7. The molecule has 33 heavy (non-hydrogen) atoms. The largest absolute Gasteiger partial charge is 0.499 e. The monoisotopic (exact) mass is 458 g/mol. The van der Waals surface area contributed by atoms with Gasteiger partial charge in [-0.25, -0.2) is 0 Å². The van der Waals surface area contributed by atoms with E-state index in [2.05, 4.69) is 17.8 Å². The third-order valence-electron chi connectivity index (χ3n) is 6.19. The molecule has 1 aliphatic rings. The van der Waals surface area contributed by atoms with E-state index in [4.69, 9.17) is 11.2 Å². The summed E-state index contributed by atoms with van der Waals surface area (Å²) < 4.78 is 5.40. The van der Waals surface area contributed by atoms with Gasteiger partial charge in [-0.2, -0.15) is 0 Å². The Bertz CT molecular complexity index is 722. The van der Waals surface area contributed by atoms with Crippen LogP contribution < -0.4 is 5.32 Å². The van der Waals surface area contributed by atoms with Crippen LogP contribution in [0.25, 0.3) is 0 Å². The summed E-state index contributed by atoms with van der Waals surface area (Å²) in [4.78, 5) is 39.1. The molecule has 0 radical (unpaired) electrons. The molecule has 3 amide bonds. The lowest BCUT2D eigenvalue weighted by Crippen LogP contribution is -2.43. The van der Waals surface area contributed by atoms with Crippen LogP contribution >= 0.6 is 0 Å². The number of imide groups is 1. The van der Waals surface area contributed by atoms with Crippen molar-refractivity contribution < 1.29 is 19.1 Å². The highest BCUT2D eigenvalue weighted by molar-refractivity contribution is 6.04. The molecule has 184 valence electrons. The summed E-state index contributed by atoms with van der Waals surface area (Å²) in [5.74, 6) is 2.51. The molecule has 1 N–H and O–H groups in total. The van der Waals surface area contributed by atoms with Crippen LogP contribution in [-0.2, 0) is 19.1 Å². The number of terminal acetylenes is 1. The van der Waals surface area contributed by atoms with Crippen LogP contribution in [0.1, 0.15) is 84.5 Å². The minimum atomic E-state index is -0.373. The van der Waals surface area contributed by atoms with E-state index in [0.29, 0.717) is 31.6 Å². The molecule has 1 heterocycles. The van der Waals surface area contributed by atoms with Crippen molar-refractivity contribution >= 4 is 17.7 Å². The maximum Gasteiger partial charge on any atom is 0.257 e. The van der Waals surface area contributed by atoms with Crippen molar-refractivity contribution in [2.45, 2.75) is 90.5 Å². The molecule has 6 heteroatoms. The quantitative estimate of drug-likeness (QED) is 0.194. The molecule has 0 saturated carbocycles. The number of amides is 3. The Hall–Kier alpha value is -2.55. The molecule has 0 fully saturated rings. The summed E-state index contributed by atoms with van der Waals surface area (Å²) in [5.41, 5.74) is 0. The van der Waals surface area contributed by atoms with Gasteiger partial charge in [-0.15, -0.1) is 18.9 Å². The second-order valence-electron chi connectivity index (χ2n) is 8.93. The van der Waals surface area contributed by atoms with Crippen molar-refractivity contribution in [1.29, 1.82) is 0 Å². The van der Waals surface area contributed by atoms with E-state index in [1.807, 2.05) is 19.9 Å². The molecule has 0 aromatic heterocycles. The molecule has 1 rings (SSSR count). The Labute approximate surface area is 200 Å². The minimum absolute atomic E-state index is 0.000491. The van der Waals surface area contributed by atoms with Gasteiger partial charge >= 0.3 is 0 Å². The highest BCUT2D eigenvalue weighted by Crippen LogP contribution is 2.27. The molecule has 0 aromatic rings. The molecule has 3 atom stereocenters. The van der Waals surface area contributed by atoms with E-state index in [1.54, 1.807) is 0 Å². The standard InChI is InChI=1S/C27H42N2O4/c1-6-8-10-12-16-21(3)26(31)28-19-15-14-18-23-24(33-5)20-25(30)29(23)27(32)22(4)17-13-11-9-7-2/h2,6,20-23H,1,8-19H2,3-5H3,(H,28,31)/t21-,22-,23+/m1/s1. The van der Waals surface area contributed by atoms with Crippen LogP contribution in [0.4, 0.5) is 0 Å². The van der Waals surface area contributed by atoms with Gasteiger partial charge in [-0.3, -0.25) is 19.3 Å². The Morgan fingerprint density at radius 1 is 1.18 bits per heavy atom. The average Bonchev–Trinajstić information content (AvgIpc) is 3.13. The van der Waals surface area contributed by atoms with Gasteiger partial charge in [0.1, 0.15) is 5.76 Å². The Balaban J connectivity index is 2.47. The zero-order chi connectivity index (χ0) is 24.6. The number of ether oxygens (including phenoxy) is 1. The van der Waals surface area contributed by atoms with Crippen LogP contribution in [0.15, 0.2) is 24.5 Å². The molecule has 0 aromatic carbocycles. The molecular weight excluding hydrogens is 416 g/mol. The van der Waals surface area contributed by atoms with Crippen molar-refractivity contribution in [1.82, 2.24) is 10.2 Å². The number of carbonyl (C=O) groups is 3. The summed E-state index contributed by atoms with van der Waals surface area (Å²) in [5, 5.41) is 3.00. The summed E-state index contributed by atoms with van der Waals surface area (Å²) in [6.07, 6.45) is 17.9. The number of nitrogens with zero attached hydrogens (tertiary/aromatic N) is 1. The fourth-order valence-electron chi connectivity index (χ4n) is 4.05. The van der Waals surface area contributed by atoms with E-state index in [1.165, 1.54) is 18.1 Å². The topological polar surface area (TPSA) is 75.7 Å². The van der Waals surface area contributed by atoms with Crippen molar-refractivity contribution in [2.75, 3.05) is 13.7 Å². The molecule has 0 spiro atoms. The van der Waals surface area contributed by atoms with E-state index in [0.717, 1.165) is 51.4 Å². The summed E-state index contributed by atoms with van der Waals surface area (Å²) in [7, 11) is 1.53. The van der Waals surface area contributed by atoms with Gasteiger partial charge in [0.05, 0.1) is 13.2 Å². The van der Waals surface area contributed by atoms with Crippen LogP contribution in [0.3, 0.4) is 0 Å². The van der Waals surface area contributed by atoms with Crippen molar-refractivity contribution in [2.24, 2.45) is 11.8 Å². The first-order valence-electron chi connectivity index (χ1n) is 12.3. The van der Waals surface area contributed by atoms with Crippen molar-refractivity contribution in [3.8, 4) is 12.3 Å². The van der Waals surface area contributed by atoms with Crippen molar-refractivity contribution in [3.05, 3.63) is 24.5 Å². The van der Waals surface area contributed by atoms with E-state index >= 15 is 0 Å². The summed E-state index contributed by atoms with van der Waals surface area (Å²) in [6, 6.07) is -0.373. The second-order valence-corrected chi connectivity index (χ2v) is 8.93. The zero-order valence-electron chi connectivity index (χ0n) is 20.7. The summed E-state index contributed by atoms with van der Waals surface area (Å²) in [6.45, 7) is 8.12. The SMILES string of the molecule is C#CCCCC[C@@H](C)C(=O)N1C(=O)C=C(OC)[C@@H]1CCCCNC(=O)[C@H](C)CCCCC=C. The predicted molar refractivity (Wildman–Crippen MR) is 132 cm³/mol. The average molecular weight is 459 g/mol. The third-order valence-corrected chi connectivity index (χ3v) is 6.19. The molecule has 6 nitrogen and oxygen atoms in total. The highest BCUT2D eigenvalue weighted by atomic mass is 16.5. The number of hydrogen-bond acceptors (Lipinski definition) is 4. The normalized spacial score (nSPS) is 17.2. The fourth-order valence-corrected chi connectivity index (χ4v) is 4.05. The number of hydrogen-bond donors (Lipinski definition) is 1. The molecule has 0 aliphatic carbocycles. The lowest BCUT2D eigenvalue weighted by molar-refractivity contribution is -0.146. The van der Waals surface area contributed by atoms with Gasteiger partial charge < -0.3 is 10.1 Å². The first kappa shape index (κ1) is 28.5. The fraction of sp³-hybridized carbons (Fsp3) is 0.667. The Morgan fingerprint density at radius 2 is 1.88 bits per heavy atom. The lowest BCUT2D eigenvalue weighted by atomic mass is 10.00. The van der Waals surface area contributed by atoms with E-state index in [-0.39, 0.29) is 35.6 Å². The van der Waals surface area contributed by atoms with Gasteiger partial charge in [-0.05, 0) is 51.4 Å². The summed E-state index contributed by atoms with van der Waals surface area (Å²) >= 11 is 0. The van der Waals surface area contributed by atoms with Crippen molar-refractivity contribution in [3.63, 3.8) is 0 Å². The number of methoxy groups -OCH3 is 1. The smallest absolute Gasteiger partial charge is 0.257 e. The van der Waals surface area contributed by atoms with Crippen LogP contribution in [-0.4, -0.2) is 42.3 Å². The van der Waals surface area contributed by atoms with E-state index < -0.39 is 0 Å². The number of rotatable bonds is 17. The number of unbranched alkanes of at least 4 members (excludes halogenated alkanes) is 5. The molecule has 1 aliphatic heterocycles. The van der Waals surface area contributed by atoms with Crippen LogP contribution in [0, 0.1) is 24.2 Å². The van der Waals surface area contributed by atoms with Crippen LogP contribution in [0.2, 0.25) is 0 Å². The maximum atomic E-state index is 13.0. The Morgan fingerprint density at radius 3 is 2.55 bits per heavy atom. The molecule has 0 bridgehead atoms. The van der Waals surface area contributed by atoms with Gasteiger partial charge in [0.2, 0.25) is 11.8 Å². The minimum Gasteiger partial charge on any atom is -0.499 e. The molecule has 0 unspecified atom stereocenters. The van der Waals surface area contributed by atoms with E-state index in [9.17, 15) is 14.4 Å². The van der Waals surface area contributed by atoms with Gasteiger partial charge in [0, 0.05) is 30.9 Å². The molecular formula is C27H42N2O4. The number of allylic oxidation sites excluding steroid dienone is 1. The highest BCUT2D eigenvalue weighted by Gasteiger charge is 2.39. The Kier molecular flexibility index (Phi) is 13.9. The van der Waals surface area contributed by atoms with Gasteiger partial charge in [-0.1, -0.05) is 32.8 Å². The van der Waals surface area contributed by atoms with Crippen LogP contribution in [0.5, 0.6) is 0 Å². The second kappa shape index (κ2) is 16.1. The van der Waals surface area contributed by atoms with Gasteiger partial charge in [0.15, 0.2) is 0 Å². The predicted octanol–water partition coefficient (Wildman–Crippen LogP) is 4.75. The lowest BCUT2D eigenvalue weighted by Gasteiger charge is -2.27. The number of carbonyl (C=O) groups excluding carboxylic acids is 3.